The SMILES string of the molecule is CC.CN1CCNCC1=O. The summed E-state index contributed by atoms with van der Waals surface area (Å²) in [6.07, 6.45) is 0. The normalized spacial score (nSPS) is 17.9. The molecule has 0 aromatic carbocycles. The highest BCUT2D eigenvalue weighted by Gasteiger charge is 2.11. The van der Waals surface area contributed by atoms with Crippen LogP contribution in [0, 0.1) is 0 Å². The highest BCUT2D eigenvalue weighted by molar-refractivity contribution is 5.78. The highest BCUT2D eigenvalue weighted by atomic mass is 16.2. The molecule has 3 heteroatoms. The van der Waals surface area contributed by atoms with E-state index in [1.54, 1.807) is 4.90 Å². The van der Waals surface area contributed by atoms with Crippen molar-refractivity contribution in [3.63, 3.8) is 0 Å². The van der Waals surface area contributed by atoms with Gasteiger partial charge in [0.2, 0.25) is 5.91 Å². The summed E-state index contributed by atoms with van der Waals surface area (Å²) in [6, 6.07) is 0. The van der Waals surface area contributed by atoms with Gasteiger partial charge in [-0.2, -0.15) is 0 Å². The zero-order valence-electron chi connectivity index (χ0n) is 6.98. The average Bonchev–Trinajstić information content (AvgIpc) is 2.00. The topological polar surface area (TPSA) is 32.3 Å². The van der Waals surface area contributed by atoms with Crippen molar-refractivity contribution >= 4 is 5.91 Å². The molecule has 0 aromatic heterocycles. The first-order valence-corrected chi connectivity index (χ1v) is 3.75. The Hall–Kier alpha value is -0.570. The number of amides is 1. The van der Waals surface area contributed by atoms with Crippen molar-refractivity contribution in [3.05, 3.63) is 0 Å². The molecule has 0 aliphatic carbocycles. The van der Waals surface area contributed by atoms with Gasteiger partial charge in [-0.15, -0.1) is 0 Å². The van der Waals surface area contributed by atoms with Gasteiger partial charge in [0.25, 0.3) is 0 Å². The number of hydrogen-bond acceptors (Lipinski definition) is 2. The molecule has 0 bridgehead atoms. The summed E-state index contributed by atoms with van der Waals surface area (Å²) in [4.78, 5) is 12.4. The summed E-state index contributed by atoms with van der Waals surface area (Å²) in [6.45, 7) is 6.29. The molecule has 3 nitrogen and oxygen atoms in total. The quantitative estimate of drug-likeness (QED) is 0.522. The summed E-state index contributed by atoms with van der Waals surface area (Å²) in [7, 11) is 1.82. The monoisotopic (exact) mass is 144 g/mol. The predicted molar refractivity (Wildman–Crippen MR) is 41.9 cm³/mol. The Kier molecular flexibility index (Phi) is 4.94. The number of rotatable bonds is 0. The average molecular weight is 144 g/mol. The van der Waals surface area contributed by atoms with E-state index in [-0.39, 0.29) is 5.91 Å². The van der Waals surface area contributed by atoms with Crippen molar-refractivity contribution in [1.29, 1.82) is 0 Å². The maximum Gasteiger partial charge on any atom is 0.236 e. The van der Waals surface area contributed by atoms with Crippen LogP contribution in [0.5, 0.6) is 0 Å². The third kappa shape index (κ3) is 2.82. The molecule has 0 radical (unpaired) electrons. The molecular formula is C7H16N2O. The van der Waals surface area contributed by atoms with Crippen LogP contribution in [0.15, 0.2) is 0 Å². The summed E-state index contributed by atoms with van der Waals surface area (Å²) in [5, 5.41) is 2.97. The largest absolute Gasteiger partial charge is 0.343 e. The number of nitrogens with zero attached hydrogens (tertiary/aromatic N) is 1. The highest BCUT2D eigenvalue weighted by Crippen LogP contribution is 1.86. The zero-order chi connectivity index (χ0) is 7.98. The summed E-state index contributed by atoms with van der Waals surface area (Å²) in [5.74, 6) is 0.191. The van der Waals surface area contributed by atoms with Gasteiger partial charge in [-0.1, -0.05) is 13.8 Å². The van der Waals surface area contributed by atoms with Crippen molar-refractivity contribution < 1.29 is 4.79 Å². The number of carbonyl (C=O) groups excluding carboxylic acids is 1. The molecule has 1 aliphatic rings. The molecule has 60 valence electrons. The van der Waals surface area contributed by atoms with Crippen LogP contribution >= 0.6 is 0 Å². The first kappa shape index (κ1) is 9.43. The van der Waals surface area contributed by atoms with Crippen LogP contribution in [0.2, 0.25) is 0 Å². The van der Waals surface area contributed by atoms with Gasteiger partial charge < -0.3 is 10.2 Å². The number of piperazine rings is 1. The zero-order valence-corrected chi connectivity index (χ0v) is 6.98. The van der Waals surface area contributed by atoms with Crippen LogP contribution in [0.4, 0.5) is 0 Å². The van der Waals surface area contributed by atoms with Gasteiger partial charge in [0.05, 0.1) is 6.54 Å². The lowest BCUT2D eigenvalue weighted by Gasteiger charge is -2.22. The number of hydrogen-bond donors (Lipinski definition) is 1. The minimum Gasteiger partial charge on any atom is -0.343 e. The molecule has 0 atom stereocenters. The van der Waals surface area contributed by atoms with Gasteiger partial charge in [0, 0.05) is 20.1 Å². The van der Waals surface area contributed by atoms with Gasteiger partial charge >= 0.3 is 0 Å². The summed E-state index contributed by atoms with van der Waals surface area (Å²) >= 11 is 0. The molecule has 1 fully saturated rings. The molecule has 1 saturated heterocycles. The Bertz CT molecular complexity index is 104. The van der Waals surface area contributed by atoms with E-state index >= 15 is 0 Å². The van der Waals surface area contributed by atoms with Crippen molar-refractivity contribution in [2.75, 3.05) is 26.7 Å². The Morgan fingerprint density at radius 3 is 2.40 bits per heavy atom. The minimum atomic E-state index is 0.191. The van der Waals surface area contributed by atoms with Gasteiger partial charge in [-0.3, -0.25) is 4.79 Å². The minimum absolute atomic E-state index is 0.191. The van der Waals surface area contributed by atoms with E-state index in [1.807, 2.05) is 20.9 Å². The molecule has 1 rings (SSSR count). The van der Waals surface area contributed by atoms with Gasteiger partial charge in [0.1, 0.15) is 0 Å². The van der Waals surface area contributed by atoms with Crippen LogP contribution < -0.4 is 5.32 Å². The third-order valence-corrected chi connectivity index (χ3v) is 1.33. The van der Waals surface area contributed by atoms with Crippen molar-refractivity contribution in [2.45, 2.75) is 13.8 Å². The van der Waals surface area contributed by atoms with Gasteiger partial charge in [0.15, 0.2) is 0 Å². The van der Waals surface area contributed by atoms with E-state index in [0.29, 0.717) is 6.54 Å². The Balaban J connectivity index is 0.000000371. The fourth-order valence-corrected chi connectivity index (χ4v) is 0.702. The molecule has 0 spiro atoms. The molecule has 10 heavy (non-hydrogen) atoms. The summed E-state index contributed by atoms with van der Waals surface area (Å²) in [5.41, 5.74) is 0. The summed E-state index contributed by atoms with van der Waals surface area (Å²) < 4.78 is 0. The van der Waals surface area contributed by atoms with E-state index in [0.717, 1.165) is 13.1 Å². The Morgan fingerprint density at radius 1 is 1.50 bits per heavy atom. The van der Waals surface area contributed by atoms with E-state index in [4.69, 9.17) is 0 Å². The maximum atomic E-state index is 10.7. The maximum absolute atomic E-state index is 10.7. The smallest absolute Gasteiger partial charge is 0.236 e. The standard InChI is InChI=1S/C5H10N2O.C2H6/c1-7-3-2-6-4-5(7)8;1-2/h6H,2-4H2,1H3;1-2H3. The second-order valence-corrected chi connectivity index (χ2v) is 1.99. The molecule has 1 aliphatic heterocycles. The molecule has 0 saturated carbocycles. The fraction of sp³-hybridized carbons (Fsp3) is 0.857. The number of nitrogens with one attached hydrogen (secondary N) is 1. The van der Waals surface area contributed by atoms with Gasteiger partial charge in [-0.25, -0.2) is 0 Å². The third-order valence-electron chi connectivity index (χ3n) is 1.33. The van der Waals surface area contributed by atoms with Crippen LogP contribution in [-0.4, -0.2) is 37.5 Å². The Morgan fingerprint density at radius 2 is 2.10 bits per heavy atom. The van der Waals surface area contributed by atoms with Crippen molar-refractivity contribution in [1.82, 2.24) is 10.2 Å². The van der Waals surface area contributed by atoms with Crippen LogP contribution in [0.1, 0.15) is 13.8 Å². The molecular weight excluding hydrogens is 128 g/mol. The first-order chi connectivity index (χ1) is 4.80. The number of carbonyl (C=O) groups is 1. The first-order valence-electron chi connectivity index (χ1n) is 3.75. The second-order valence-electron chi connectivity index (χ2n) is 1.99. The molecule has 1 amide bonds. The van der Waals surface area contributed by atoms with E-state index < -0.39 is 0 Å². The van der Waals surface area contributed by atoms with Crippen LogP contribution in [-0.2, 0) is 4.79 Å². The van der Waals surface area contributed by atoms with Gasteiger partial charge in [-0.05, 0) is 0 Å². The Labute approximate surface area is 62.4 Å². The lowest BCUT2D eigenvalue weighted by molar-refractivity contribution is -0.130. The molecule has 0 unspecified atom stereocenters. The van der Waals surface area contributed by atoms with Crippen molar-refractivity contribution in [2.24, 2.45) is 0 Å². The van der Waals surface area contributed by atoms with E-state index in [1.165, 1.54) is 0 Å². The van der Waals surface area contributed by atoms with Crippen molar-refractivity contribution in [3.8, 4) is 0 Å². The van der Waals surface area contributed by atoms with Crippen LogP contribution in [0.25, 0.3) is 0 Å². The molecule has 0 aromatic rings. The van der Waals surface area contributed by atoms with E-state index in [9.17, 15) is 4.79 Å². The number of likely N-dealkylation sites (N-methyl/N-ethyl adjacent to an activating group) is 1. The fourth-order valence-electron chi connectivity index (χ4n) is 0.702. The predicted octanol–water partition coefficient (Wildman–Crippen LogP) is 0.0742. The molecule has 1 heterocycles. The van der Waals surface area contributed by atoms with E-state index in [2.05, 4.69) is 5.32 Å². The lowest BCUT2D eigenvalue weighted by atomic mass is 10.4. The second kappa shape index (κ2) is 5.23. The molecule has 1 N–H and O–H groups in total. The van der Waals surface area contributed by atoms with Crippen LogP contribution in [0.3, 0.4) is 0 Å². The lowest BCUT2D eigenvalue weighted by Crippen LogP contribution is -2.45.